The van der Waals surface area contributed by atoms with E-state index in [9.17, 15) is 14.7 Å². The molecule has 6 heterocycles. The van der Waals surface area contributed by atoms with Crippen molar-refractivity contribution < 1.29 is 42.9 Å². The van der Waals surface area contributed by atoms with Crippen molar-refractivity contribution >= 4 is 17.7 Å². The van der Waals surface area contributed by atoms with Crippen LogP contribution in [0.1, 0.15) is 109 Å². The molecule has 15 unspecified atom stereocenters. The first-order chi connectivity index (χ1) is 23.4. The molecule has 5 aliphatic carbocycles. The maximum Gasteiger partial charge on any atom is 0.339 e. The quantitative estimate of drug-likeness (QED) is 0.185. The summed E-state index contributed by atoms with van der Waals surface area (Å²) in [6.07, 6.45) is 10.9. The van der Waals surface area contributed by atoms with Gasteiger partial charge < -0.3 is 28.5 Å². The van der Waals surface area contributed by atoms with Gasteiger partial charge >= 0.3 is 11.9 Å². The maximum atomic E-state index is 15.3. The molecule has 262 valence electrons. The van der Waals surface area contributed by atoms with Crippen LogP contribution in [0.15, 0.2) is 28.4 Å². The van der Waals surface area contributed by atoms with Crippen LogP contribution in [0.2, 0.25) is 0 Å². The smallest absolute Gasteiger partial charge is 0.339 e. The number of hydrogen-bond donors (Lipinski definition) is 1. The average molecular weight is 673 g/mol. The molecule has 4 spiro atoms. The third kappa shape index (κ3) is 2.80. The second kappa shape index (κ2) is 8.75. The van der Waals surface area contributed by atoms with E-state index in [1.54, 1.807) is 6.26 Å². The van der Waals surface area contributed by atoms with Crippen LogP contribution >= 0.6 is 0 Å². The van der Waals surface area contributed by atoms with Crippen molar-refractivity contribution in [2.24, 2.45) is 51.2 Å². The minimum Gasteiger partial charge on any atom is -0.469 e. The molecule has 9 heteroatoms. The molecule has 9 fully saturated rings. The van der Waals surface area contributed by atoms with Crippen molar-refractivity contribution in [1.82, 2.24) is 0 Å². The lowest BCUT2D eigenvalue weighted by molar-refractivity contribution is -0.280. The Hall–Kier alpha value is -2.49. The first kappa shape index (κ1) is 30.2. The van der Waals surface area contributed by atoms with Gasteiger partial charge in [-0.25, -0.2) is 4.79 Å². The highest BCUT2D eigenvalue weighted by molar-refractivity contribution is 5.93. The third-order valence-electron chi connectivity index (χ3n) is 17.1. The number of Topliss-reactive ketones (excluding diaryl/α,β-unsaturated/α-hetero) is 1. The van der Waals surface area contributed by atoms with E-state index < -0.39 is 69.2 Å². The van der Waals surface area contributed by atoms with Crippen LogP contribution in [0.25, 0.3) is 0 Å². The van der Waals surface area contributed by atoms with Gasteiger partial charge in [0, 0.05) is 22.8 Å². The van der Waals surface area contributed by atoms with Crippen molar-refractivity contribution in [1.29, 1.82) is 0 Å². The van der Waals surface area contributed by atoms with E-state index in [-0.39, 0.29) is 35.6 Å². The minimum atomic E-state index is -1.38. The second-order valence-corrected chi connectivity index (χ2v) is 18.6. The largest absolute Gasteiger partial charge is 0.469 e. The molecule has 1 N–H and O–H groups in total. The molecule has 0 aromatic carbocycles. The number of fused-ring (bicyclic) bond motifs is 2. The number of esters is 2. The van der Waals surface area contributed by atoms with Crippen LogP contribution in [0.5, 0.6) is 0 Å². The lowest BCUT2D eigenvalue weighted by Gasteiger charge is -2.70. The average Bonchev–Trinajstić information content (AvgIpc) is 3.41. The Bertz CT molecular complexity index is 1780. The highest BCUT2D eigenvalue weighted by Crippen LogP contribution is 2.88. The number of furan rings is 1. The monoisotopic (exact) mass is 672 g/mol. The van der Waals surface area contributed by atoms with E-state index in [1.807, 2.05) is 19.9 Å². The predicted octanol–water partition coefficient (Wildman–Crippen LogP) is 5.57. The van der Waals surface area contributed by atoms with Crippen molar-refractivity contribution in [3.05, 3.63) is 35.3 Å². The molecule has 11 rings (SSSR count). The SMILES string of the molecule is CCCCCc1occc1C1OC(=O)C2OC23C1(C)CC1CC24CCCC2CC2=CCC5(C)OC26C4C(=O)OCC62C5C(=O)C(O)C3(C)C12. The second-order valence-electron chi connectivity index (χ2n) is 18.6. The van der Waals surface area contributed by atoms with Gasteiger partial charge in [0.2, 0.25) is 0 Å². The topological polar surface area (TPSA) is 125 Å². The summed E-state index contributed by atoms with van der Waals surface area (Å²) in [4.78, 5) is 43.8. The van der Waals surface area contributed by atoms with Gasteiger partial charge in [0.15, 0.2) is 11.9 Å². The highest BCUT2D eigenvalue weighted by atomic mass is 16.7. The van der Waals surface area contributed by atoms with Crippen LogP contribution < -0.4 is 0 Å². The molecule has 15 atom stereocenters. The number of carbonyl (C=O) groups is 3. The number of ether oxygens (including phenoxy) is 4. The molecule has 49 heavy (non-hydrogen) atoms. The summed E-state index contributed by atoms with van der Waals surface area (Å²) < 4.78 is 33.2. The van der Waals surface area contributed by atoms with Gasteiger partial charge in [0.25, 0.3) is 0 Å². The molecule has 4 saturated heterocycles. The first-order valence-electron chi connectivity index (χ1n) is 19.1. The summed E-state index contributed by atoms with van der Waals surface area (Å²) in [5, 5.41) is 12.8. The number of epoxide rings is 1. The minimum absolute atomic E-state index is 0.00773. The van der Waals surface area contributed by atoms with E-state index in [0.717, 1.165) is 69.1 Å². The standard InChI is InChI=1S/C40H48O9/c1-5-6-7-10-24-23(12-15-45-24)30-34(2)17-20-18-37-13-8-9-21(37)16-22-11-14-35(3)27-25(41)29(42)36(4,40(34)31(48-40)33(44)47-30)26(20)38(27)19-46-32(43)28(37)39(22,38)49-35/h11-12,15,20-21,26-31,42H,5-10,13-14,16-19H2,1-4H3. The number of hydrogen-bond acceptors (Lipinski definition) is 9. The normalized spacial score (nSPS) is 56.5. The lowest BCUT2D eigenvalue weighted by Crippen LogP contribution is -2.80. The molecule has 9 nitrogen and oxygen atoms in total. The van der Waals surface area contributed by atoms with Gasteiger partial charge in [-0.15, -0.1) is 0 Å². The van der Waals surface area contributed by atoms with E-state index in [0.29, 0.717) is 18.8 Å². The van der Waals surface area contributed by atoms with E-state index in [4.69, 9.17) is 23.4 Å². The molecule has 10 aliphatic rings. The molecule has 1 aromatic rings. The van der Waals surface area contributed by atoms with E-state index >= 15 is 4.79 Å². The van der Waals surface area contributed by atoms with Crippen LogP contribution in [-0.2, 0) is 39.8 Å². The summed E-state index contributed by atoms with van der Waals surface area (Å²) in [6, 6.07) is 1.95. The number of aliphatic hydroxyl groups is 1. The number of aliphatic hydroxyl groups excluding tert-OH is 1. The van der Waals surface area contributed by atoms with Crippen LogP contribution in [0.3, 0.4) is 0 Å². The van der Waals surface area contributed by atoms with Crippen LogP contribution in [-0.4, -0.2) is 58.4 Å². The Labute approximate surface area is 286 Å². The number of carbonyl (C=O) groups excluding carboxylic acids is 3. The zero-order valence-corrected chi connectivity index (χ0v) is 29.0. The Balaban J connectivity index is 1.18. The molecule has 0 radical (unpaired) electrons. The Morgan fingerprint density at radius 2 is 1.86 bits per heavy atom. The molecule has 1 aromatic heterocycles. The van der Waals surface area contributed by atoms with Gasteiger partial charge in [-0.1, -0.05) is 46.1 Å². The number of unbranched alkanes of at least 4 members (excludes halogenated alkanes) is 2. The Morgan fingerprint density at radius 1 is 1.02 bits per heavy atom. The zero-order valence-electron chi connectivity index (χ0n) is 29.0. The van der Waals surface area contributed by atoms with E-state index in [2.05, 4.69) is 19.9 Å². The predicted molar refractivity (Wildman–Crippen MR) is 171 cm³/mol. The molecule has 0 amide bonds. The summed E-state index contributed by atoms with van der Waals surface area (Å²) in [5.74, 6) is -1.14. The zero-order chi connectivity index (χ0) is 33.7. The van der Waals surface area contributed by atoms with Crippen molar-refractivity contribution in [2.75, 3.05) is 6.61 Å². The molecular weight excluding hydrogens is 624 g/mol. The van der Waals surface area contributed by atoms with E-state index in [1.165, 1.54) is 5.57 Å². The summed E-state index contributed by atoms with van der Waals surface area (Å²) in [6.45, 7) is 8.51. The lowest BCUT2D eigenvalue weighted by atomic mass is 9.33. The molecule has 5 saturated carbocycles. The number of aryl methyl sites for hydroxylation is 1. The highest BCUT2D eigenvalue weighted by Gasteiger charge is 2.96. The molecule has 5 bridgehead atoms. The van der Waals surface area contributed by atoms with Crippen LogP contribution in [0, 0.1) is 51.2 Å². The number of cyclic esters (lactones) is 2. The van der Waals surface area contributed by atoms with Crippen molar-refractivity contribution in [2.45, 2.75) is 133 Å². The van der Waals surface area contributed by atoms with Crippen molar-refractivity contribution in [3.63, 3.8) is 0 Å². The fraction of sp³-hybridized carbons (Fsp3) is 0.775. The van der Waals surface area contributed by atoms with Gasteiger partial charge in [-0.2, -0.15) is 0 Å². The third-order valence-corrected chi connectivity index (χ3v) is 17.1. The fourth-order valence-electron chi connectivity index (χ4n) is 16.0. The van der Waals surface area contributed by atoms with Crippen molar-refractivity contribution in [3.8, 4) is 0 Å². The number of ketones is 1. The molecular formula is C40H48O9. The molecule has 5 aliphatic heterocycles. The maximum absolute atomic E-state index is 15.3. The first-order valence-corrected chi connectivity index (χ1v) is 19.1. The number of rotatable bonds is 5. The van der Waals surface area contributed by atoms with Gasteiger partial charge in [0.05, 0.1) is 29.1 Å². The van der Waals surface area contributed by atoms with Gasteiger partial charge in [0.1, 0.15) is 35.8 Å². The Kier molecular flexibility index (Phi) is 5.39. The van der Waals surface area contributed by atoms with Gasteiger partial charge in [-0.05, 0) is 86.7 Å². The summed E-state index contributed by atoms with van der Waals surface area (Å²) in [7, 11) is 0. The van der Waals surface area contributed by atoms with Crippen LogP contribution in [0.4, 0.5) is 0 Å². The fourth-order valence-corrected chi connectivity index (χ4v) is 16.0. The summed E-state index contributed by atoms with van der Waals surface area (Å²) >= 11 is 0. The van der Waals surface area contributed by atoms with Gasteiger partial charge in [-0.3, -0.25) is 9.59 Å². The summed E-state index contributed by atoms with van der Waals surface area (Å²) in [5.41, 5.74) is -4.10. The Morgan fingerprint density at radius 3 is 2.67 bits per heavy atom.